The topological polar surface area (TPSA) is 57.9 Å². The molecule has 0 heterocycles. The van der Waals surface area contributed by atoms with E-state index in [9.17, 15) is 9.59 Å². The summed E-state index contributed by atoms with van der Waals surface area (Å²) < 4.78 is 0. The van der Waals surface area contributed by atoms with E-state index in [-0.39, 0.29) is 5.56 Å². The number of aryl methyl sites for hydroxylation is 2. The Balaban J connectivity index is 2.68. The van der Waals surface area contributed by atoms with Gasteiger partial charge in [0.05, 0.1) is 17.2 Å². The fraction of sp³-hybridized carbons (Fsp3) is 0.133. The molecular formula is C15H9NO2. The standard InChI is InChI=1S/C15H9NO2/c1-7-3-4-10-13-11(7)8(2)5-9(6-16)12(13)15(18)14(10)17/h3-5H,1-2H3. The monoisotopic (exact) mass is 235 g/mol. The molecule has 0 spiro atoms. The van der Waals surface area contributed by atoms with Crippen LogP contribution in [0.2, 0.25) is 0 Å². The Labute approximate surface area is 104 Å². The third kappa shape index (κ3) is 1.07. The van der Waals surface area contributed by atoms with Gasteiger partial charge in [0.15, 0.2) is 0 Å². The number of nitriles is 1. The SMILES string of the molecule is Cc1ccc2c3c(c(C#N)cc(C)c13)C(=O)C2=O. The van der Waals surface area contributed by atoms with E-state index in [1.165, 1.54) is 0 Å². The van der Waals surface area contributed by atoms with Gasteiger partial charge < -0.3 is 0 Å². The molecule has 3 rings (SSSR count). The first-order valence-electron chi connectivity index (χ1n) is 5.62. The van der Waals surface area contributed by atoms with Crippen LogP contribution in [0.1, 0.15) is 37.4 Å². The Kier molecular flexibility index (Phi) is 1.94. The van der Waals surface area contributed by atoms with Crippen LogP contribution in [0.5, 0.6) is 0 Å². The van der Waals surface area contributed by atoms with E-state index in [0.29, 0.717) is 16.5 Å². The van der Waals surface area contributed by atoms with Crippen LogP contribution < -0.4 is 0 Å². The summed E-state index contributed by atoms with van der Waals surface area (Å²) in [5.74, 6) is -1.06. The molecule has 2 aromatic carbocycles. The molecule has 0 fully saturated rings. The number of ketones is 2. The van der Waals surface area contributed by atoms with E-state index < -0.39 is 11.6 Å². The van der Waals surface area contributed by atoms with Gasteiger partial charge in [0.1, 0.15) is 0 Å². The van der Waals surface area contributed by atoms with Gasteiger partial charge in [0.25, 0.3) is 0 Å². The van der Waals surface area contributed by atoms with Crippen LogP contribution in [0.15, 0.2) is 18.2 Å². The molecule has 0 atom stereocenters. The molecule has 18 heavy (non-hydrogen) atoms. The van der Waals surface area contributed by atoms with Gasteiger partial charge in [-0.25, -0.2) is 0 Å². The zero-order valence-electron chi connectivity index (χ0n) is 10.00. The van der Waals surface area contributed by atoms with Crippen molar-refractivity contribution in [1.29, 1.82) is 5.26 Å². The number of carbonyl (C=O) groups excluding carboxylic acids is 2. The summed E-state index contributed by atoms with van der Waals surface area (Å²) in [6.07, 6.45) is 0. The third-order valence-corrected chi connectivity index (χ3v) is 3.49. The van der Waals surface area contributed by atoms with Gasteiger partial charge in [-0.1, -0.05) is 6.07 Å². The summed E-state index contributed by atoms with van der Waals surface area (Å²) in [6, 6.07) is 7.22. The predicted octanol–water partition coefficient (Wildman–Crippen LogP) is 2.71. The van der Waals surface area contributed by atoms with Crippen molar-refractivity contribution in [3.05, 3.63) is 46.0 Å². The number of hydrogen-bond acceptors (Lipinski definition) is 3. The van der Waals surface area contributed by atoms with Gasteiger partial charge >= 0.3 is 0 Å². The Hall–Kier alpha value is -2.47. The minimum absolute atomic E-state index is 0.279. The summed E-state index contributed by atoms with van der Waals surface area (Å²) in [6.45, 7) is 3.83. The first kappa shape index (κ1) is 10.7. The number of rotatable bonds is 0. The lowest BCUT2D eigenvalue weighted by Gasteiger charge is -2.08. The molecule has 0 saturated heterocycles. The zero-order valence-corrected chi connectivity index (χ0v) is 10.00. The highest BCUT2D eigenvalue weighted by molar-refractivity contribution is 6.57. The summed E-state index contributed by atoms with van der Waals surface area (Å²) in [5.41, 5.74) is 2.94. The summed E-state index contributed by atoms with van der Waals surface area (Å²) in [5, 5.41) is 10.7. The first-order valence-corrected chi connectivity index (χ1v) is 5.62. The molecule has 86 valence electrons. The minimum atomic E-state index is -0.558. The quantitative estimate of drug-likeness (QED) is 0.659. The fourth-order valence-corrected chi connectivity index (χ4v) is 2.72. The summed E-state index contributed by atoms with van der Waals surface area (Å²) in [4.78, 5) is 23.9. The van der Waals surface area contributed by atoms with E-state index in [0.717, 1.165) is 16.5 Å². The smallest absolute Gasteiger partial charge is 0.235 e. The Bertz CT molecular complexity index is 794. The maximum absolute atomic E-state index is 12.0. The Morgan fingerprint density at radius 1 is 1.00 bits per heavy atom. The van der Waals surface area contributed by atoms with Crippen molar-refractivity contribution in [2.75, 3.05) is 0 Å². The van der Waals surface area contributed by atoms with E-state index in [1.54, 1.807) is 12.1 Å². The third-order valence-electron chi connectivity index (χ3n) is 3.49. The van der Waals surface area contributed by atoms with Crippen LogP contribution >= 0.6 is 0 Å². The predicted molar refractivity (Wildman–Crippen MR) is 66.8 cm³/mol. The number of hydrogen-bond donors (Lipinski definition) is 0. The van der Waals surface area contributed by atoms with Gasteiger partial charge in [-0.05, 0) is 42.5 Å². The maximum Gasteiger partial charge on any atom is 0.235 e. The van der Waals surface area contributed by atoms with Crippen LogP contribution in [-0.2, 0) is 0 Å². The molecule has 2 aromatic rings. The molecule has 0 radical (unpaired) electrons. The van der Waals surface area contributed by atoms with Crippen LogP contribution in [0.25, 0.3) is 10.8 Å². The zero-order chi connectivity index (χ0) is 13.0. The van der Waals surface area contributed by atoms with Crippen LogP contribution in [0.4, 0.5) is 0 Å². The van der Waals surface area contributed by atoms with Crippen molar-refractivity contribution in [3.63, 3.8) is 0 Å². The number of carbonyl (C=O) groups is 2. The molecule has 3 heteroatoms. The normalized spacial score (nSPS) is 13.2. The van der Waals surface area contributed by atoms with Crippen LogP contribution in [0.3, 0.4) is 0 Å². The molecule has 1 aliphatic carbocycles. The van der Waals surface area contributed by atoms with Gasteiger partial charge in [0, 0.05) is 10.9 Å². The van der Waals surface area contributed by atoms with Crippen LogP contribution in [-0.4, -0.2) is 11.6 Å². The fourth-order valence-electron chi connectivity index (χ4n) is 2.72. The molecular weight excluding hydrogens is 226 g/mol. The average molecular weight is 235 g/mol. The molecule has 0 amide bonds. The number of nitrogens with zero attached hydrogens (tertiary/aromatic N) is 1. The van der Waals surface area contributed by atoms with Gasteiger partial charge in [0.2, 0.25) is 11.6 Å². The summed E-state index contributed by atoms with van der Waals surface area (Å²) >= 11 is 0. The molecule has 0 unspecified atom stereocenters. The summed E-state index contributed by atoms with van der Waals surface area (Å²) in [7, 11) is 0. The van der Waals surface area contributed by atoms with E-state index >= 15 is 0 Å². The second-order valence-electron chi connectivity index (χ2n) is 4.57. The largest absolute Gasteiger partial charge is 0.285 e. The van der Waals surface area contributed by atoms with Crippen molar-refractivity contribution in [2.24, 2.45) is 0 Å². The second kappa shape index (κ2) is 3.27. The van der Waals surface area contributed by atoms with Gasteiger partial charge in [-0.15, -0.1) is 0 Å². The molecule has 0 bridgehead atoms. The lowest BCUT2D eigenvalue weighted by molar-refractivity contribution is 0.0825. The lowest BCUT2D eigenvalue weighted by atomic mass is 9.93. The van der Waals surface area contributed by atoms with Gasteiger partial charge in [-0.3, -0.25) is 9.59 Å². The Morgan fingerprint density at radius 3 is 2.39 bits per heavy atom. The van der Waals surface area contributed by atoms with Gasteiger partial charge in [-0.2, -0.15) is 5.26 Å². The molecule has 0 aliphatic heterocycles. The molecule has 0 saturated carbocycles. The first-order chi connectivity index (χ1) is 8.56. The van der Waals surface area contributed by atoms with Crippen molar-refractivity contribution in [3.8, 4) is 6.07 Å². The van der Waals surface area contributed by atoms with E-state index in [4.69, 9.17) is 5.26 Å². The maximum atomic E-state index is 12.0. The van der Waals surface area contributed by atoms with Crippen molar-refractivity contribution >= 4 is 22.3 Å². The van der Waals surface area contributed by atoms with E-state index in [1.807, 2.05) is 26.0 Å². The number of benzene rings is 2. The molecule has 0 aromatic heterocycles. The second-order valence-corrected chi connectivity index (χ2v) is 4.57. The Morgan fingerprint density at radius 2 is 1.72 bits per heavy atom. The minimum Gasteiger partial charge on any atom is -0.285 e. The van der Waals surface area contributed by atoms with Crippen LogP contribution in [0, 0.1) is 25.2 Å². The highest BCUT2D eigenvalue weighted by Crippen LogP contribution is 2.36. The van der Waals surface area contributed by atoms with Crippen molar-refractivity contribution < 1.29 is 9.59 Å². The highest BCUT2D eigenvalue weighted by Gasteiger charge is 2.34. The number of Topliss-reactive ketones (excluding diaryl/α,β-unsaturated/α-hetero) is 2. The molecule has 1 aliphatic rings. The average Bonchev–Trinajstić information content (AvgIpc) is 2.60. The lowest BCUT2D eigenvalue weighted by Crippen LogP contribution is -2.07. The molecule has 3 nitrogen and oxygen atoms in total. The highest BCUT2D eigenvalue weighted by atomic mass is 16.2. The van der Waals surface area contributed by atoms with Crippen molar-refractivity contribution in [2.45, 2.75) is 13.8 Å². The van der Waals surface area contributed by atoms with Crippen molar-refractivity contribution in [1.82, 2.24) is 0 Å². The molecule has 0 N–H and O–H groups in total. The van der Waals surface area contributed by atoms with E-state index in [2.05, 4.69) is 0 Å².